The second-order valence-electron chi connectivity index (χ2n) is 10.5. The van der Waals surface area contributed by atoms with E-state index in [0.717, 1.165) is 12.0 Å². The highest BCUT2D eigenvalue weighted by molar-refractivity contribution is 5.83. The summed E-state index contributed by atoms with van der Waals surface area (Å²) in [5.74, 6) is -4.21. The first-order chi connectivity index (χ1) is 16.8. The Hall–Kier alpha value is -2.64. The maximum Gasteiger partial charge on any atom is 0.331 e. The largest absolute Gasteiger partial charge is 0.462 e. The van der Waals surface area contributed by atoms with Crippen LogP contribution in [0.3, 0.4) is 0 Å². The molecule has 36 heavy (non-hydrogen) atoms. The molecule has 1 saturated heterocycles. The Morgan fingerprint density at radius 1 is 1.11 bits per heavy atom. The van der Waals surface area contributed by atoms with Crippen molar-refractivity contribution < 1.29 is 38.1 Å². The molecule has 2 rings (SSSR count). The summed E-state index contributed by atoms with van der Waals surface area (Å²) in [7, 11) is 0. The number of hydrogen-bond donors (Lipinski definition) is 0. The van der Waals surface area contributed by atoms with Gasteiger partial charge in [0.2, 0.25) is 0 Å². The third-order valence-electron chi connectivity index (χ3n) is 7.59. The van der Waals surface area contributed by atoms with Crippen LogP contribution in [0.4, 0.5) is 0 Å². The number of hydrogen-bond acceptors (Lipinski definition) is 8. The highest BCUT2D eigenvalue weighted by atomic mass is 16.7. The summed E-state index contributed by atoms with van der Waals surface area (Å²) in [6.45, 7) is 18.7. The SMILES string of the molecule is C=C1[C@@H]2[C@H](OC(=O)C(C)CC)OC(=O)[C@H]([C@@H](C)OC(C)=O)[C@H]2[C@H](C(C)C)C[C@H]1OC(=O)/C=C(\C)CC. The number of cyclic esters (lactones) is 1. The number of esters is 4. The van der Waals surface area contributed by atoms with Crippen LogP contribution < -0.4 is 0 Å². The van der Waals surface area contributed by atoms with Crippen molar-refractivity contribution in [3.05, 3.63) is 23.8 Å². The molecular formula is C28H42O8. The van der Waals surface area contributed by atoms with Crippen LogP contribution in [0.5, 0.6) is 0 Å². The molecule has 1 aliphatic heterocycles. The Balaban J connectivity index is 2.52. The lowest BCUT2D eigenvalue weighted by atomic mass is 9.58. The van der Waals surface area contributed by atoms with Gasteiger partial charge in [-0.15, -0.1) is 0 Å². The molecule has 0 spiro atoms. The van der Waals surface area contributed by atoms with Gasteiger partial charge in [0.15, 0.2) is 0 Å². The minimum Gasteiger partial charge on any atom is -0.462 e. The summed E-state index contributed by atoms with van der Waals surface area (Å²) >= 11 is 0. The molecule has 1 unspecified atom stereocenters. The van der Waals surface area contributed by atoms with Gasteiger partial charge in [0.1, 0.15) is 12.2 Å². The molecule has 8 heteroatoms. The first-order valence-corrected chi connectivity index (χ1v) is 13.0. The van der Waals surface area contributed by atoms with Crippen molar-refractivity contribution >= 4 is 23.9 Å². The van der Waals surface area contributed by atoms with E-state index < -0.39 is 54.2 Å². The van der Waals surface area contributed by atoms with E-state index in [2.05, 4.69) is 6.58 Å². The second-order valence-corrected chi connectivity index (χ2v) is 10.5. The number of allylic oxidation sites excluding steroid dienone is 1. The van der Waals surface area contributed by atoms with Gasteiger partial charge in [-0.2, -0.15) is 0 Å². The summed E-state index contributed by atoms with van der Waals surface area (Å²) in [4.78, 5) is 50.3. The zero-order chi connectivity index (χ0) is 27.3. The molecule has 0 radical (unpaired) electrons. The van der Waals surface area contributed by atoms with Gasteiger partial charge in [-0.25, -0.2) is 4.79 Å². The van der Waals surface area contributed by atoms with Crippen LogP contribution in [0.1, 0.15) is 74.7 Å². The molecule has 0 bridgehead atoms. The fourth-order valence-corrected chi connectivity index (χ4v) is 5.21. The summed E-state index contributed by atoms with van der Waals surface area (Å²) in [5.41, 5.74) is 1.42. The van der Waals surface area contributed by atoms with E-state index in [4.69, 9.17) is 18.9 Å². The highest BCUT2D eigenvalue weighted by Gasteiger charge is 2.58. The third-order valence-corrected chi connectivity index (χ3v) is 7.59. The smallest absolute Gasteiger partial charge is 0.331 e. The van der Waals surface area contributed by atoms with Crippen LogP contribution in [0.25, 0.3) is 0 Å². The Morgan fingerprint density at radius 3 is 2.28 bits per heavy atom. The average Bonchev–Trinajstić information content (AvgIpc) is 2.78. The van der Waals surface area contributed by atoms with Crippen LogP contribution in [-0.4, -0.2) is 42.4 Å². The Bertz CT molecular complexity index is 888. The summed E-state index contributed by atoms with van der Waals surface area (Å²) in [6, 6.07) is 0. The van der Waals surface area contributed by atoms with E-state index in [1.165, 1.54) is 13.0 Å². The van der Waals surface area contributed by atoms with E-state index in [1.807, 2.05) is 34.6 Å². The van der Waals surface area contributed by atoms with Gasteiger partial charge < -0.3 is 18.9 Å². The molecule has 0 amide bonds. The lowest BCUT2D eigenvalue weighted by Gasteiger charge is -2.52. The van der Waals surface area contributed by atoms with Crippen LogP contribution in [-0.2, 0) is 38.1 Å². The number of rotatable bonds is 9. The lowest BCUT2D eigenvalue weighted by Crippen LogP contribution is -2.58. The van der Waals surface area contributed by atoms with Crippen molar-refractivity contribution in [3.63, 3.8) is 0 Å². The van der Waals surface area contributed by atoms with Gasteiger partial charge in [0.25, 0.3) is 6.29 Å². The predicted octanol–water partition coefficient (Wildman–Crippen LogP) is 4.76. The second kappa shape index (κ2) is 12.5. The molecular weight excluding hydrogens is 464 g/mol. The summed E-state index contributed by atoms with van der Waals surface area (Å²) < 4.78 is 22.7. The van der Waals surface area contributed by atoms with Crippen molar-refractivity contribution in [1.29, 1.82) is 0 Å². The average molecular weight is 507 g/mol. The van der Waals surface area contributed by atoms with Gasteiger partial charge in [-0.3, -0.25) is 14.4 Å². The van der Waals surface area contributed by atoms with Crippen molar-refractivity contribution in [1.82, 2.24) is 0 Å². The van der Waals surface area contributed by atoms with Crippen molar-refractivity contribution in [2.45, 2.75) is 93.2 Å². The van der Waals surface area contributed by atoms with Crippen LogP contribution >= 0.6 is 0 Å². The van der Waals surface area contributed by atoms with E-state index in [1.54, 1.807) is 13.8 Å². The van der Waals surface area contributed by atoms with Crippen molar-refractivity contribution in [2.75, 3.05) is 0 Å². The molecule has 0 aromatic rings. The molecule has 0 aromatic heterocycles. The van der Waals surface area contributed by atoms with E-state index in [9.17, 15) is 19.2 Å². The quantitative estimate of drug-likeness (QED) is 0.191. The van der Waals surface area contributed by atoms with Gasteiger partial charge in [0, 0.05) is 13.0 Å². The molecule has 0 aromatic carbocycles. The Morgan fingerprint density at radius 2 is 1.75 bits per heavy atom. The standard InChI is InChI=1S/C28H42O8/c1-10-15(5)12-22(30)34-21-13-20(14(3)4)25-23(17(21)7)28(35-26(31)16(6)11-2)36-27(32)24(25)18(8)33-19(9)29/h12,14,16,18,20-21,23-25,28H,7,10-11,13H2,1-6,8-9H3/b15-12+/t16?,18-,20+,21-,23+,24-,25+,28-/m1/s1. The van der Waals surface area contributed by atoms with Gasteiger partial charge >= 0.3 is 23.9 Å². The van der Waals surface area contributed by atoms with Gasteiger partial charge in [-0.05, 0) is 56.4 Å². The Kier molecular flexibility index (Phi) is 10.3. The Labute approximate surface area is 214 Å². The number of ether oxygens (including phenoxy) is 4. The normalized spacial score (nSPS) is 30.1. The van der Waals surface area contributed by atoms with Gasteiger partial charge in [0.05, 0.1) is 17.8 Å². The molecule has 202 valence electrons. The minimum absolute atomic E-state index is 0.0866. The maximum atomic E-state index is 13.3. The van der Waals surface area contributed by atoms with Crippen molar-refractivity contribution in [3.8, 4) is 0 Å². The fourth-order valence-electron chi connectivity index (χ4n) is 5.21. The molecule has 1 saturated carbocycles. The van der Waals surface area contributed by atoms with E-state index in [-0.39, 0.29) is 23.7 Å². The number of carbonyl (C=O) groups is 4. The highest BCUT2D eigenvalue weighted by Crippen LogP contribution is 2.52. The summed E-state index contributed by atoms with van der Waals surface area (Å²) in [6.07, 6.45) is 0.614. The third kappa shape index (κ3) is 6.77. The molecule has 8 atom stereocenters. The molecule has 1 aliphatic carbocycles. The molecule has 0 N–H and O–H groups in total. The monoisotopic (exact) mass is 506 g/mol. The zero-order valence-corrected chi connectivity index (χ0v) is 22.9. The predicted molar refractivity (Wildman–Crippen MR) is 133 cm³/mol. The number of carbonyl (C=O) groups excluding carboxylic acids is 4. The van der Waals surface area contributed by atoms with E-state index >= 15 is 0 Å². The topological polar surface area (TPSA) is 105 Å². The maximum absolute atomic E-state index is 13.3. The van der Waals surface area contributed by atoms with Gasteiger partial charge in [-0.1, -0.05) is 46.8 Å². The van der Waals surface area contributed by atoms with Crippen molar-refractivity contribution in [2.24, 2.45) is 35.5 Å². The fraction of sp³-hybridized carbons (Fsp3) is 0.714. The number of fused-ring (bicyclic) bond motifs is 1. The van der Waals surface area contributed by atoms with Crippen LogP contribution in [0.2, 0.25) is 0 Å². The lowest BCUT2D eigenvalue weighted by molar-refractivity contribution is -0.236. The zero-order valence-electron chi connectivity index (χ0n) is 22.9. The first-order valence-electron chi connectivity index (χ1n) is 13.0. The molecule has 8 nitrogen and oxygen atoms in total. The van der Waals surface area contributed by atoms with Crippen LogP contribution in [0.15, 0.2) is 23.8 Å². The summed E-state index contributed by atoms with van der Waals surface area (Å²) in [5, 5.41) is 0. The van der Waals surface area contributed by atoms with Crippen LogP contribution in [0, 0.1) is 35.5 Å². The van der Waals surface area contributed by atoms with E-state index in [0.29, 0.717) is 18.4 Å². The molecule has 1 heterocycles. The minimum atomic E-state index is -1.20. The first kappa shape index (κ1) is 29.6. The molecule has 2 aliphatic rings. The molecule has 2 fully saturated rings.